The van der Waals surface area contributed by atoms with Crippen LogP contribution in [0, 0.1) is 6.92 Å². The summed E-state index contributed by atoms with van der Waals surface area (Å²) in [4.78, 5) is 0.763. The molecule has 0 heterocycles. The zero-order chi connectivity index (χ0) is 26.9. The average Bonchev–Trinajstić information content (AvgIpc) is 2.79. The van der Waals surface area contributed by atoms with Gasteiger partial charge < -0.3 is 14.7 Å². The van der Waals surface area contributed by atoms with Gasteiger partial charge in [0.1, 0.15) is 11.5 Å². The van der Waals surface area contributed by atoms with Gasteiger partial charge in [-0.1, -0.05) is 41.9 Å². The molecule has 194 valence electrons. The second-order valence-corrected chi connectivity index (χ2v) is 8.15. The van der Waals surface area contributed by atoms with Crippen LogP contribution in [-0.2, 0) is 5.92 Å². The summed E-state index contributed by atoms with van der Waals surface area (Å²) < 4.78 is 112. The summed E-state index contributed by atoms with van der Waals surface area (Å²) in [6.45, 7) is 0.523. The monoisotopic (exact) mass is 539 g/mol. The van der Waals surface area contributed by atoms with Crippen LogP contribution in [0.1, 0.15) is 11.1 Å². The summed E-state index contributed by atoms with van der Waals surface area (Å²) >= 11 is 6.20. The predicted molar refractivity (Wildman–Crippen MR) is 118 cm³/mol. The Bertz CT molecular complexity index is 1210. The van der Waals surface area contributed by atoms with E-state index in [2.05, 4.69) is 0 Å². The van der Waals surface area contributed by atoms with Crippen molar-refractivity contribution in [3.8, 4) is 11.5 Å². The maximum atomic E-state index is 13.9. The molecule has 0 aliphatic carbocycles. The summed E-state index contributed by atoms with van der Waals surface area (Å²) in [7, 11) is 0. The van der Waals surface area contributed by atoms with Crippen LogP contribution in [0.3, 0.4) is 0 Å². The topological polar surface area (TPSA) is 32.7 Å². The van der Waals surface area contributed by atoms with E-state index in [0.717, 1.165) is 17.0 Å². The zero-order valence-electron chi connectivity index (χ0n) is 18.3. The Morgan fingerprint density at radius 1 is 0.861 bits per heavy atom. The van der Waals surface area contributed by atoms with E-state index < -0.39 is 42.2 Å². The number of aliphatic hydroxyl groups excluding tert-OH is 1. The molecule has 0 saturated carbocycles. The first kappa shape index (κ1) is 27.5. The molecule has 3 rings (SSSR count). The molecule has 0 spiro atoms. The number of hydrogen-bond donors (Lipinski definition) is 1. The molecule has 3 aromatic carbocycles. The summed E-state index contributed by atoms with van der Waals surface area (Å²) in [5, 5.41) is 9.94. The fourth-order valence-corrected chi connectivity index (χ4v) is 3.37. The lowest BCUT2D eigenvalue weighted by molar-refractivity contribution is -0.289. The zero-order valence-corrected chi connectivity index (χ0v) is 19.1. The first-order valence-corrected chi connectivity index (χ1v) is 10.6. The molecule has 0 unspecified atom stereocenters. The molecule has 0 fully saturated rings. The van der Waals surface area contributed by atoms with Crippen LogP contribution in [0.25, 0.3) is 0 Å². The Hall–Kier alpha value is -3.05. The Morgan fingerprint density at radius 3 is 2.06 bits per heavy atom. The van der Waals surface area contributed by atoms with E-state index in [0.29, 0.717) is 17.7 Å². The minimum Gasteiger partial charge on any atom is -0.456 e. The normalized spacial score (nSPS) is 13.4. The van der Waals surface area contributed by atoms with E-state index in [1.54, 1.807) is 19.1 Å². The van der Waals surface area contributed by atoms with Gasteiger partial charge in [-0.25, -0.2) is 0 Å². The number of benzene rings is 3. The number of aliphatic hydroxyl groups is 1. The predicted octanol–water partition coefficient (Wildman–Crippen LogP) is 8.16. The van der Waals surface area contributed by atoms with E-state index in [1.807, 2.05) is 0 Å². The van der Waals surface area contributed by atoms with Gasteiger partial charge in [0.15, 0.2) is 6.10 Å². The second-order valence-electron chi connectivity index (χ2n) is 7.78. The number of rotatable bonds is 7. The molecular formula is C24H18ClF8NO2. The van der Waals surface area contributed by atoms with Crippen LogP contribution in [0.2, 0.25) is 5.02 Å². The van der Waals surface area contributed by atoms with E-state index in [4.69, 9.17) is 16.3 Å². The number of aryl methyl sites for hydroxylation is 1. The number of anilines is 2. The van der Waals surface area contributed by atoms with Crippen molar-refractivity contribution in [1.29, 1.82) is 0 Å². The molecule has 0 bridgehead atoms. The number of nitrogens with zero attached hydrogens (tertiary/aromatic N) is 1. The highest BCUT2D eigenvalue weighted by molar-refractivity contribution is 6.32. The number of ether oxygens (including phenoxy) is 1. The minimum absolute atomic E-state index is 0.0768. The van der Waals surface area contributed by atoms with Crippen molar-refractivity contribution in [2.45, 2.75) is 31.3 Å². The second kappa shape index (κ2) is 10.1. The molecule has 0 aliphatic heterocycles. The highest BCUT2D eigenvalue weighted by Crippen LogP contribution is 2.45. The van der Waals surface area contributed by atoms with Crippen LogP contribution >= 0.6 is 11.6 Å². The van der Waals surface area contributed by atoms with Gasteiger partial charge in [0.25, 0.3) is 0 Å². The van der Waals surface area contributed by atoms with Crippen LogP contribution in [-0.4, -0.2) is 30.1 Å². The van der Waals surface area contributed by atoms with Crippen molar-refractivity contribution in [3.63, 3.8) is 0 Å². The third kappa shape index (κ3) is 6.01. The first-order chi connectivity index (χ1) is 16.6. The van der Waals surface area contributed by atoms with Crippen LogP contribution in [0.15, 0.2) is 66.7 Å². The first-order valence-electron chi connectivity index (χ1n) is 10.2. The number of hydrogen-bond acceptors (Lipinski definition) is 3. The van der Waals surface area contributed by atoms with Gasteiger partial charge in [-0.2, -0.15) is 35.1 Å². The van der Waals surface area contributed by atoms with Crippen LogP contribution in [0.4, 0.5) is 46.5 Å². The molecule has 1 atom stereocenters. The van der Waals surface area contributed by atoms with Gasteiger partial charge >= 0.3 is 18.3 Å². The highest BCUT2D eigenvalue weighted by atomic mass is 35.5. The molecule has 3 nitrogen and oxygen atoms in total. The van der Waals surface area contributed by atoms with Crippen LogP contribution < -0.4 is 9.64 Å². The number of alkyl halides is 8. The molecule has 0 saturated heterocycles. The summed E-state index contributed by atoms with van der Waals surface area (Å²) in [6, 6.07) is 13.1. The molecule has 36 heavy (non-hydrogen) atoms. The summed E-state index contributed by atoms with van der Waals surface area (Å²) in [5.41, 5.74) is -1.31. The quantitative estimate of drug-likeness (QED) is 0.308. The van der Waals surface area contributed by atoms with Crippen molar-refractivity contribution in [3.05, 3.63) is 82.9 Å². The lowest BCUT2D eigenvalue weighted by Crippen LogP contribution is -2.39. The fourth-order valence-electron chi connectivity index (χ4n) is 3.21. The van der Waals surface area contributed by atoms with Crippen molar-refractivity contribution in [2.24, 2.45) is 0 Å². The van der Waals surface area contributed by atoms with Crippen molar-refractivity contribution < 1.29 is 45.0 Å². The van der Waals surface area contributed by atoms with Crippen molar-refractivity contribution >= 4 is 23.0 Å². The molecule has 0 amide bonds. The standard InChI is InChI=1S/C24H18ClF8NO2/c1-14-5-2-10-19(21(14)25)36-18-9-4-8-17(12-18)34(13-20(35)23(28,29)30)16-7-3-6-15(11-16)22(26,27)24(31,32)33/h2-12,20,35H,13H2,1H3/t20-/m1/s1. The Morgan fingerprint density at radius 2 is 1.44 bits per heavy atom. The molecule has 0 aromatic heterocycles. The highest BCUT2D eigenvalue weighted by Gasteiger charge is 2.58. The summed E-state index contributed by atoms with van der Waals surface area (Å²) in [6.07, 6.45) is -14.0. The lowest BCUT2D eigenvalue weighted by Gasteiger charge is -2.30. The molecule has 3 aromatic rings. The van der Waals surface area contributed by atoms with Crippen LogP contribution in [0.5, 0.6) is 11.5 Å². The molecule has 12 heteroatoms. The maximum absolute atomic E-state index is 13.9. The van der Waals surface area contributed by atoms with Gasteiger partial charge in [-0.15, -0.1) is 0 Å². The molecule has 0 aliphatic rings. The Balaban J connectivity index is 2.06. The van der Waals surface area contributed by atoms with Crippen molar-refractivity contribution in [1.82, 2.24) is 0 Å². The third-order valence-electron chi connectivity index (χ3n) is 5.12. The van der Waals surface area contributed by atoms with Gasteiger partial charge in [0, 0.05) is 23.0 Å². The smallest absolute Gasteiger partial charge is 0.456 e. The Kier molecular flexibility index (Phi) is 7.75. The minimum atomic E-state index is -5.93. The molecule has 1 N–H and O–H groups in total. The van der Waals surface area contributed by atoms with E-state index >= 15 is 0 Å². The van der Waals surface area contributed by atoms with Crippen molar-refractivity contribution in [2.75, 3.05) is 11.4 Å². The van der Waals surface area contributed by atoms with Gasteiger partial charge in [0.05, 0.1) is 11.6 Å². The lowest BCUT2D eigenvalue weighted by atomic mass is 10.1. The maximum Gasteiger partial charge on any atom is 0.458 e. The molecular weight excluding hydrogens is 522 g/mol. The third-order valence-corrected chi connectivity index (χ3v) is 5.61. The van der Waals surface area contributed by atoms with E-state index in [1.165, 1.54) is 30.3 Å². The van der Waals surface area contributed by atoms with Gasteiger partial charge in [-0.05, 0) is 42.8 Å². The van der Waals surface area contributed by atoms with E-state index in [9.17, 15) is 40.2 Å². The SMILES string of the molecule is Cc1cccc(Oc2cccc(N(C[C@@H](O)C(F)(F)F)c3cccc(C(F)(F)C(F)(F)F)c3)c2)c1Cl. The average molecular weight is 540 g/mol. The largest absolute Gasteiger partial charge is 0.458 e. The Labute approximate surface area is 205 Å². The number of halogens is 9. The summed E-state index contributed by atoms with van der Waals surface area (Å²) in [5.74, 6) is -4.95. The van der Waals surface area contributed by atoms with E-state index in [-0.39, 0.29) is 22.2 Å². The molecule has 0 radical (unpaired) electrons. The van der Waals surface area contributed by atoms with Gasteiger partial charge in [-0.3, -0.25) is 0 Å². The fraction of sp³-hybridized carbons (Fsp3) is 0.250. The van der Waals surface area contributed by atoms with Gasteiger partial charge in [0.2, 0.25) is 0 Å².